The minimum Gasteiger partial charge on any atom is -0.480 e. The second-order valence-corrected chi connectivity index (χ2v) is 11.3. The van der Waals surface area contributed by atoms with E-state index in [1.807, 2.05) is 13.8 Å². The number of amides is 6. The molecule has 11 N–H and O–H groups in total. The number of carboxylic acid groups (broad SMARTS) is 1. The number of aliphatic carboxylic acids is 1. The molecule has 16 heteroatoms. The van der Waals surface area contributed by atoms with Crippen LogP contribution in [0, 0.1) is 5.92 Å². The number of nitrogens with zero attached hydrogens (tertiary/aromatic N) is 1. The van der Waals surface area contributed by atoms with Crippen molar-refractivity contribution in [1.82, 2.24) is 26.2 Å². The summed E-state index contributed by atoms with van der Waals surface area (Å²) in [5, 5.41) is 19.1. The minimum atomic E-state index is -1.46. The van der Waals surface area contributed by atoms with Crippen LogP contribution in [0.2, 0.25) is 0 Å². The van der Waals surface area contributed by atoms with Gasteiger partial charge in [-0.1, -0.05) is 13.8 Å². The second kappa shape index (κ2) is 18.0. The molecular formula is C27H48N8O8. The van der Waals surface area contributed by atoms with Gasteiger partial charge in [0.2, 0.25) is 35.4 Å². The monoisotopic (exact) mass is 612 g/mol. The maximum Gasteiger partial charge on any atom is 0.325 e. The zero-order valence-electron chi connectivity index (χ0n) is 25.4. The Morgan fingerprint density at radius 1 is 0.860 bits per heavy atom. The van der Waals surface area contributed by atoms with Crippen LogP contribution in [-0.2, 0) is 33.6 Å². The SMILES string of the molecule is CC(C)C[C@H](NC(=O)[C@H](C)N)C(=O)N[C@@H](CCCCN)C(=O)N1CCC[C@H]1C(=O)N[C@@H](CC(N)=O)C(=O)N[C@@H](C)C(=O)O. The normalized spacial score (nSPS) is 18.1. The molecule has 6 atom stereocenters. The van der Waals surface area contributed by atoms with Gasteiger partial charge in [-0.25, -0.2) is 0 Å². The molecule has 0 unspecified atom stereocenters. The van der Waals surface area contributed by atoms with Crippen molar-refractivity contribution >= 4 is 41.4 Å². The molecule has 0 aromatic carbocycles. The van der Waals surface area contributed by atoms with Crippen LogP contribution in [0.4, 0.5) is 0 Å². The molecule has 1 rings (SSSR count). The van der Waals surface area contributed by atoms with E-state index < -0.39 is 84.1 Å². The number of likely N-dealkylation sites (tertiary alicyclic amines) is 1. The van der Waals surface area contributed by atoms with E-state index in [0.29, 0.717) is 32.2 Å². The molecule has 1 saturated heterocycles. The van der Waals surface area contributed by atoms with Crippen LogP contribution in [0.25, 0.3) is 0 Å². The molecule has 0 aromatic rings. The van der Waals surface area contributed by atoms with E-state index in [9.17, 15) is 33.6 Å². The molecular weight excluding hydrogens is 564 g/mol. The quantitative estimate of drug-likeness (QED) is 0.0749. The third-order valence-corrected chi connectivity index (χ3v) is 6.92. The molecule has 6 amide bonds. The van der Waals surface area contributed by atoms with Crippen LogP contribution in [0.1, 0.15) is 72.6 Å². The van der Waals surface area contributed by atoms with E-state index >= 15 is 0 Å². The topological polar surface area (TPSA) is 269 Å². The Hall–Kier alpha value is -3.79. The number of carboxylic acids is 1. The van der Waals surface area contributed by atoms with Crippen LogP contribution < -0.4 is 38.5 Å². The minimum absolute atomic E-state index is 0.0335. The lowest BCUT2D eigenvalue weighted by Crippen LogP contribution is -2.59. The number of carbonyl (C=O) groups is 7. The van der Waals surface area contributed by atoms with Crippen LogP contribution in [0.5, 0.6) is 0 Å². The van der Waals surface area contributed by atoms with E-state index in [-0.39, 0.29) is 25.3 Å². The van der Waals surface area contributed by atoms with Gasteiger partial charge in [-0.2, -0.15) is 0 Å². The summed E-state index contributed by atoms with van der Waals surface area (Å²) in [5.41, 5.74) is 16.5. The molecule has 1 heterocycles. The highest BCUT2D eigenvalue weighted by Crippen LogP contribution is 2.21. The summed E-state index contributed by atoms with van der Waals surface area (Å²) in [4.78, 5) is 89.2. The van der Waals surface area contributed by atoms with Crippen LogP contribution in [0.15, 0.2) is 0 Å². The Balaban J connectivity index is 3.16. The van der Waals surface area contributed by atoms with Gasteiger partial charge >= 0.3 is 5.97 Å². The molecule has 1 aliphatic heterocycles. The number of hydrogen-bond donors (Lipinski definition) is 8. The van der Waals surface area contributed by atoms with Crippen molar-refractivity contribution in [2.24, 2.45) is 23.1 Å². The van der Waals surface area contributed by atoms with Crippen molar-refractivity contribution < 1.29 is 38.7 Å². The van der Waals surface area contributed by atoms with Gasteiger partial charge in [0.1, 0.15) is 30.2 Å². The Morgan fingerprint density at radius 3 is 2.00 bits per heavy atom. The fourth-order valence-corrected chi connectivity index (χ4v) is 4.59. The molecule has 16 nitrogen and oxygen atoms in total. The van der Waals surface area contributed by atoms with Gasteiger partial charge in [0.05, 0.1) is 12.5 Å². The molecule has 0 spiro atoms. The number of nitrogens with one attached hydrogen (secondary N) is 4. The maximum atomic E-state index is 13.8. The molecule has 1 aliphatic rings. The first kappa shape index (κ1) is 37.2. The van der Waals surface area contributed by atoms with Gasteiger partial charge in [0.25, 0.3) is 0 Å². The van der Waals surface area contributed by atoms with Crippen molar-refractivity contribution in [3.05, 3.63) is 0 Å². The Bertz CT molecular complexity index is 1020. The number of unbranched alkanes of at least 4 members (excludes halogenated alkanes) is 1. The van der Waals surface area contributed by atoms with Gasteiger partial charge in [-0.05, 0) is 64.8 Å². The highest BCUT2D eigenvalue weighted by molar-refractivity contribution is 5.97. The summed E-state index contributed by atoms with van der Waals surface area (Å²) in [6.07, 6.45) is 1.72. The number of hydrogen-bond acceptors (Lipinski definition) is 9. The number of nitrogens with two attached hydrogens (primary N) is 3. The van der Waals surface area contributed by atoms with Crippen molar-refractivity contribution in [3.8, 4) is 0 Å². The molecule has 0 radical (unpaired) electrons. The second-order valence-electron chi connectivity index (χ2n) is 11.3. The smallest absolute Gasteiger partial charge is 0.325 e. The average molecular weight is 613 g/mol. The van der Waals surface area contributed by atoms with E-state index in [0.717, 1.165) is 0 Å². The molecule has 1 fully saturated rings. The molecule has 0 aromatic heterocycles. The third-order valence-electron chi connectivity index (χ3n) is 6.92. The average Bonchev–Trinajstić information content (AvgIpc) is 3.40. The summed E-state index contributed by atoms with van der Waals surface area (Å²) in [6.45, 7) is 7.02. The first-order valence-electron chi connectivity index (χ1n) is 14.6. The summed E-state index contributed by atoms with van der Waals surface area (Å²) in [7, 11) is 0. The van der Waals surface area contributed by atoms with E-state index in [1.54, 1.807) is 0 Å². The van der Waals surface area contributed by atoms with Gasteiger partial charge < -0.3 is 48.5 Å². The maximum absolute atomic E-state index is 13.8. The molecule has 0 saturated carbocycles. The largest absolute Gasteiger partial charge is 0.480 e. The van der Waals surface area contributed by atoms with Crippen LogP contribution >= 0.6 is 0 Å². The van der Waals surface area contributed by atoms with Gasteiger partial charge in [-0.15, -0.1) is 0 Å². The van der Waals surface area contributed by atoms with Gasteiger partial charge in [0, 0.05) is 6.54 Å². The third kappa shape index (κ3) is 12.5. The van der Waals surface area contributed by atoms with Crippen molar-refractivity contribution in [3.63, 3.8) is 0 Å². The number of carbonyl (C=O) groups excluding carboxylic acids is 6. The van der Waals surface area contributed by atoms with E-state index in [4.69, 9.17) is 22.3 Å². The molecule has 43 heavy (non-hydrogen) atoms. The van der Waals surface area contributed by atoms with Crippen molar-refractivity contribution in [1.29, 1.82) is 0 Å². The summed E-state index contributed by atoms with van der Waals surface area (Å²) in [6, 6.07) is -6.60. The standard InChI is InChI=1S/C27H48N8O8/c1-14(2)12-18(33-22(37)15(3)29)24(39)32-17(8-5-6-10-28)26(41)35-11-7-9-20(35)25(40)34-19(13-21(30)36)23(38)31-16(4)27(42)43/h14-20H,5-13,28-29H2,1-4H3,(H2,30,36)(H,31,38)(H,32,39)(H,33,37)(H,34,40)(H,42,43)/t15-,16-,17-,18-,19-,20-/m0/s1. The molecule has 0 aliphatic carbocycles. The van der Waals surface area contributed by atoms with Crippen molar-refractivity contribution in [2.45, 2.75) is 109 Å². The number of primary amides is 1. The first-order valence-corrected chi connectivity index (χ1v) is 14.6. The predicted molar refractivity (Wildman–Crippen MR) is 156 cm³/mol. The van der Waals surface area contributed by atoms with E-state index in [1.165, 1.54) is 18.7 Å². The van der Waals surface area contributed by atoms with Crippen LogP contribution in [0.3, 0.4) is 0 Å². The fourth-order valence-electron chi connectivity index (χ4n) is 4.59. The summed E-state index contributed by atoms with van der Waals surface area (Å²) >= 11 is 0. The van der Waals surface area contributed by atoms with E-state index in [2.05, 4.69) is 21.3 Å². The Morgan fingerprint density at radius 2 is 1.47 bits per heavy atom. The highest BCUT2D eigenvalue weighted by atomic mass is 16.4. The predicted octanol–water partition coefficient (Wildman–Crippen LogP) is -2.58. The lowest BCUT2D eigenvalue weighted by molar-refractivity contribution is -0.143. The molecule has 244 valence electrons. The number of rotatable bonds is 18. The zero-order valence-corrected chi connectivity index (χ0v) is 25.4. The van der Waals surface area contributed by atoms with Gasteiger partial charge in [0.15, 0.2) is 0 Å². The first-order chi connectivity index (χ1) is 20.1. The Labute approximate surface area is 251 Å². The summed E-state index contributed by atoms with van der Waals surface area (Å²) < 4.78 is 0. The van der Waals surface area contributed by atoms with Gasteiger partial charge in [-0.3, -0.25) is 33.6 Å². The summed E-state index contributed by atoms with van der Waals surface area (Å²) in [5.74, 6) is -5.46. The Kier molecular flexibility index (Phi) is 15.6. The highest BCUT2D eigenvalue weighted by Gasteiger charge is 2.39. The lowest BCUT2D eigenvalue weighted by Gasteiger charge is -2.31. The fraction of sp³-hybridized carbons (Fsp3) is 0.741. The molecule has 0 bridgehead atoms. The van der Waals surface area contributed by atoms with Crippen molar-refractivity contribution in [2.75, 3.05) is 13.1 Å². The zero-order chi connectivity index (χ0) is 32.9. The lowest BCUT2D eigenvalue weighted by atomic mass is 10.0. The van der Waals surface area contributed by atoms with Crippen LogP contribution in [-0.4, -0.2) is 101 Å².